The van der Waals surface area contributed by atoms with Crippen LogP contribution in [0.2, 0.25) is 0 Å². The molecule has 3 atom stereocenters. The van der Waals surface area contributed by atoms with Crippen LogP contribution in [0.25, 0.3) is 0 Å². The summed E-state index contributed by atoms with van der Waals surface area (Å²) in [5.74, 6) is 0.823. The first-order valence-corrected chi connectivity index (χ1v) is 3.87. The lowest BCUT2D eigenvalue weighted by Crippen LogP contribution is -2.20. The third-order valence-corrected chi connectivity index (χ3v) is 2.78. The van der Waals surface area contributed by atoms with Crippen molar-refractivity contribution < 1.29 is 4.74 Å². The third-order valence-electron chi connectivity index (χ3n) is 2.78. The Morgan fingerprint density at radius 1 is 1.56 bits per heavy atom. The summed E-state index contributed by atoms with van der Waals surface area (Å²) >= 11 is 0. The first kappa shape index (κ1) is 5.72. The summed E-state index contributed by atoms with van der Waals surface area (Å²) in [6.45, 7) is 4.55. The number of fused-ring (bicyclic) bond motifs is 2. The molecule has 1 nitrogen and oxygen atoms in total. The zero-order chi connectivity index (χ0) is 6.48. The van der Waals surface area contributed by atoms with E-state index < -0.39 is 0 Å². The van der Waals surface area contributed by atoms with E-state index in [1.165, 1.54) is 19.3 Å². The van der Waals surface area contributed by atoms with Gasteiger partial charge in [-0.15, -0.1) is 0 Å². The Morgan fingerprint density at radius 3 is 2.56 bits per heavy atom. The van der Waals surface area contributed by atoms with Crippen molar-refractivity contribution in [1.29, 1.82) is 0 Å². The number of rotatable bonds is 0. The minimum absolute atomic E-state index is 0.282. The maximum Gasteiger partial charge on any atom is 0.0662 e. The molecule has 2 aliphatic rings. The minimum atomic E-state index is 0.282. The highest BCUT2D eigenvalue weighted by Crippen LogP contribution is 2.46. The SMILES string of the molecule is C[C@@H]1C[C@]2(C)CC[C@H]1O2. The molecule has 2 saturated heterocycles. The summed E-state index contributed by atoms with van der Waals surface area (Å²) in [7, 11) is 0. The topological polar surface area (TPSA) is 9.23 Å². The molecular formula is C8H14O. The van der Waals surface area contributed by atoms with Crippen molar-refractivity contribution in [2.45, 2.75) is 44.8 Å². The average molecular weight is 126 g/mol. The molecule has 2 aliphatic heterocycles. The monoisotopic (exact) mass is 126 g/mol. The van der Waals surface area contributed by atoms with Crippen LogP contribution < -0.4 is 0 Å². The second-order valence-electron chi connectivity index (χ2n) is 3.83. The van der Waals surface area contributed by atoms with Crippen molar-refractivity contribution in [2.75, 3.05) is 0 Å². The molecule has 0 unspecified atom stereocenters. The van der Waals surface area contributed by atoms with Crippen molar-refractivity contribution in [3.05, 3.63) is 0 Å². The molecule has 0 spiro atoms. The maximum absolute atomic E-state index is 5.77. The molecule has 2 rings (SSSR count). The second-order valence-corrected chi connectivity index (χ2v) is 3.83. The Hall–Kier alpha value is -0.0400. The fraction of sp³-hybridized carbons (Fsp3) is 1.00. The predicted molar refractivity (Wildman–Crippen MR) is 36.3 cm³/mol. The fourth-order valence-electron chi connectivity index (χ4n) is 2.29. The predicted octanol–water partition coefficient (Wildman–Crippen LogP) is 1.96. The van der Waals surface area contributed by atoms with Gasteiger partial charge in [0.1, 0.15) is 0 Å². The van der Waals surface area contributed by atoms with Gasteiger partial charge >= 0.3 is 0 Å². The van der Waals surface area contributed by atoms with Crippen LogP contribution in [0, 0.1) is 5.92 Å². The van der Waals surface area contributed by atoms with Crippen LogP contribution in [0.15, 0.2) is 0 Å². The van der Waals surface area contributed by atoms with Crippen molar-refractivity contribution in [3.8, 4) is 0 Å². The van der Waals surface area contributed by atoms with Gasteiger partial charge in [0.2, 0.25) is 0 Å². The van der Waals surface area contributed by atoms with Crippen LogP contribution in [-0.2, 0) is 4.74 Å². The highest BCUT2D eigenvalue weighted by Gasteiger charge is 2.46. The molecule has 2 bridgehead atoms. The van der Waals surface area contributed by atoms with Gasteiger partial charge in [-0.05, 0) is 32.1 Å². The van der Waals surface area contributed by atoms with Crippen LogP contribution in [0.1, 0.15) is 33.1 Å². The summed E-state index contributed by atoms with van der Waals surface area (Å²) in [6, 6.07) is 0. The smallest absolute Gasteiger partial charge is 0.0662 e. The molecule has 0 saturated carbocycles. The van der Waals surface area contributed by atoms with Gasteiger partial charge in [0, 0.05) is 0 Å². The molecule has 0 aromatic carbocycles. The van der Waals surface area contributed by atoms with E-state index in [-0.39, 0.29) is 5.60 Å². The summed E-state index contributed by atoms with van der Waals surface area (Å²) in [6.07, 6.45) is 4.49. The van der Waals surface area contributed by atoms with E-state index in [0.717, 1.165) is 5.92 Å². The molecule has 9 heavy (non-hydrogen) atoms. The van der Waals surface area contributed by atoms with E-state index >= 15 is 0 Å². The highest BCUT2D eigenvalue weighted by molar-refractivity contribution is 4.96. The molecule has 0 amide bonds. The van der Waals surface area contributed by atoms with Gasteiger partial charge in [-0.2, -0.15) is 0 Å². The first-order chi connectivity index (χ1) is 4.20. The van der Waals surface area contributed by atoms with Crippen LogP contribution in [-0.4, -0.2) is 11.7 Å². The molecule has 2 fully saturated rings. The van der Waals surface area contributed by atoms with Gasteiger partial charge in [-0.25, -0.2) is 0 Å². The fourth-order valence-corrected chi connectivity index (χ4v) is 2.29. The zero-order valence-electron chi connectivity index (χ0n) is 6.18. The van der Waals surface area contributed by atoms with Crippen molar-refractivity contribution in [1.82, 2.24) is 0 Å². The van der Waals surface area contributed by atoms with Crippen molar-refractivity contribution >= 4 is 0 Å². The average Bonchev–Trinajstić information content (AvgIpc) is 2.20. The van der Waals surface area contributed by atoms with Gasteiger partial charge in [-0.3, -0.25) is 0 Å². The van der Waals surface area contributed by atoms with Crippen molar-refractivity contribution in [3.63, 3.8) is 0 Å². The highest BCUT2D eigenvalue weighted by atomic mass is 16.5. The number of hydrogen-bond donors (Lipinski definition) is 0. The van der Waals surface area contributed by atoms with E-state index in [1.807, 2.05) is 0 Å². The Labute approximate surface area is 56.4 Å². The Balaban J connectivity index is 2.19. The van der Waals surface area contributed by atoms with E-state index in [4.69, 9.17) is 4.74 Å². The minimum Gasteiger partial charge on any atom is -0.372 e. The summed E-state index contributed by atoms with van der Waals surface area (Å²) < 4.78 is 5.77. The van der Waals surface area contributed by atoms with Crippen molar-refractivity contribution in [2.24, 2.45) is 5.92 Å². The van der Waals surface area contributed by atoms with Gasteiger partial charge in [0.05, 0.1) is 11.7 Å². The standard InChI is InChI=1S/C8H14O/c1-6-5-8(2)4-3-7(6)9-8/h6-7H,3-5H2,1-2H3/t6-,7-,8+/m1/s1. The van der Waals surface area contributed by atoms with E-state index in [2.05, 4.69) is 13.8 Å². The molecule has 0 radical (unpaired) electrons. The summed E-state index contributed by atoms with van der Waals surface area (Å²) in [4.78, 5) is 0. The molecule has 0 aromatic rings. The van der Waals surface area contributed by atoms with Crippen LogP contribution >= 0.6 is 0 Å². The molecule has 1 heteroatoms. The Kier molecular flexibility index (Phi) is 0.963. The molecule has 52 valence electrons. The first-order valence-electron chi connectivity index (χ1n) is 3.87. The molecule has 2 heterocycles. The largest absolute Gasteiger partial charge is 0.372 e. The summed E-state index contributed by atoms with van der Waals surface area (Å²) in [5, 5.41) is 0. The lowest BCUT2D eigenvalue weighted by molar-refractivity contribution is 0.0251. The van der Waals surface area contributed by atoms with E-state index in [0.29, 0.717) is 6.10 Å². The van der Waals surface area contributed by atoms with Gasteiger partial charge in [0.25, 0.3) is 0 Å². The van der Waals surface area contributed by atoms with Crippen LogP contribution in [0.3, 0.4) is 0 Å². The Morgan fingerprint density at radius 2 is 2.33 bits per heavy atom. The summed E-state index contributed by atoms with van der Waals surface area (Å²) in [5.41, 5.74) is 0.282. The molecule has 0 aliphatic carbocycles. The molecular weight excluding hydrogens is 112 g/mol. The van der Waals surface area contributed by atoms with Crippen LogP contribution in [0.4, 0.5) is 0 Å². The van der Waals surface area contributed by atoms with Crippen LogP contribution in [0.5, 0.6) is 0 Å². The van der Waals surface area contributed by atoms with Gasteiger partial charge in [-0.1, -0.05) is 6.92 Å². The zero-order valence-corrected chi connectivity index (χ0v) is 6.18. The molecule has 0 N–H and O–H groups in total. The second kappa shape index (κ2) is 1.51. The van der Waals surface area contributed by atoms with E-state index in [1.54, 1.807) is 0 Å². The van der Waals surface area contributed by atoms with E-state index in [9.17, 15) is 0 Å². The lowest BCUT2D eigenvalue weighted by Gasteiger charge is -2.19. The van der Waals surface area contributed by atoms with Gasteiger partial charge in [0.15, 0.2) is 0 Å². The maximum atomic E-state index is 5.77. The number of hydrogen-bond acceptors (Lipinski definition) is 1. The third kappa shape index (κ3) is 0.710. The Bertz CT molecular complexity index is 129. The molecule has 0 aromatic heterocycles. The quantitative estimate of drug-likeness (QED) is 0.482. The number of ether oxygens (including phenoxy) is 1. The lowest BCUT2D eigenvalue weighted by atomic mass is 9.84. The van der Waals surface area contributed by atoms with Gasteiger partial charge < -0.3 is 4.74 Å². The normalized spacial score (nSPS) is 56.7.